The van der Waals surface area contributed by atoms with Crippen LogP contribution >= 0.6 is 38.4 Å². The summed E-state index contributed by atoms with van der Waals surface area (Å²) >= 11 is 12.3. The van der Waals surface area contributed by atoms with Gasteiger partial charge in [0, 0.05) is 5.02 Å². The molecule has 1 aromatic carbocycles. The highest BCUT2D eigenvalue weighted by Gasteiger charge is 2.46. The van der Waals surface area contributed by atoms with Crippen LogP contribution in [-0.4, -0.2) is 81.4 Å². The highest BCUT2D eigenvalue weighted by molar-refractivity contribution is 7.70. The van der Waals surface area contributed by atoms with E-state index in [0.29, 0.717) is 10.6 Å². The fourth-order valence-electron chi connectivity index (χ4n) is 4.07. The van der Waals surface area contributed by atoms with E-state index >= 15 is 0 Å². The van der Waals surface area contributed by atoms with Gasteiger partial charge in [-0.25, -0.2) is 4.68 Å². The number of hydrogen-bond acceptors (Lipinski definition) is 11. The maximum Gasteiger partial charge on any atom is 0.340 e. The zero-order chi connectivity index (χ0) is 29.4. The summed E-state index contributed by atoms with van der Waals surface area (Å²) in [6, 6.07) is 6.05. The van der Waals surface area contributed by atoms with Gasteiger partial charge in [0.2, 0.25) is 11.2 Å². The SMILES string of the molecule is NC(=O)C[C@@H](Nc1nc(Cl)nc2c1cnn2[C@@H]1O[C@H](COP(=O)(O)CP(=O)(O)O)[C@@H](O)[C@H]1O)c1cccc(Cl)c1. The molecular weight excluding hydrogens is 617 g/mol. The number of nitrogens with one attached hydrogen (secondary N) is 1. The second kappa shape index (κ2) is 12.0. The molecule has 2 aromatic heterocycles. The first-order chi connectivity index (χ1) is 18.6. The number of carbonyl (C=O) groups excluding carboxylic acids is 1. The summed E-state index contributed by atoms with van der Waals surface area (Å²) in [4.78, 5) is 47.6. The number of aromatic nitrogens is 4. The summed E-state index contributed by atoms with van der Waals surface area (Å²) in [5.41, 5.74) is 6.12. The van der Waals surface area contributed by atoms with Crippen LogP contribution < -0.4 is 11.1 Å². The predicted octanol–water partition coefficient (Wildman–Crippen LogP) is 1.12. The molecule has 1 unspecified atom stereocenters. The monoisotopic (exact) mass is 640 g/mol. The molecule has 8 N–H and O–H groups in total. The van der Waals surface area contributed by atoms with Crippen molar-refractivity contribution in [3.05, 3.63) is 46.3 Å². The van der Waals surface area contributed by atoms with Crippen LogP contribution in [0, 0.1) is 0 Å². The highest BCUT2D eigenvalue weighted by Crippen LogP contribution is 2.55. The molecule has 0 saturated carbocycles. The Bertz CT molecular complexity index is 1510. The summed E-state index contributed by atoms with van der Waals surface area (Å²) in [5, 5.41) is 28.8. The minimum atomic E-state index is -4.87. The number of nitrogens with zero attached hydrogens (tertiary/aromatic N) is 4. The first-order valence-corrected chi connectivity index (χ1v) is 15.7. The smallest absolute Gasteiger partial charge is 0.340 e. The molecule has 0 radical (unpaired) electrons. The van der Waals surface area contributed by atoms with Gasteiger partial charge in [0.15, 0.2) is 17.8 Å². The van der Waals surface area contributed by atoms with E-state index in [9.17, 15) is 29.0 Å². The topological polar surface area (TPSA) is 252 Å². The third kappa shape index (κ3) is 7.35. The molecule has 1 saturated heterocycles. The molecule has 1 amide bonds. The van der Waals surface area contributed by atoms with E-state index in [1.807, 2.05) is 0 Å². The van der Waals surface area contributed by atoms with Crippen molar-refractivity contribution in [2.45, 2.75) is 37.0 Å². The number of aliphatic hydroxyl groups is 2. The second-order valence-electron chi connectivity index (χ2n) is 8.88. The van der Waals surface area contributed by atoms with Gasteiger partial charge >= 0.3 is 15.2 Å². The molecule has 1 aliphatic rings. The van der Waals surface area contributed by atoms with Gasteiger partial charge < -0.3 is 45.2 Å². The van der Waals surface area contributed by atoms with Crippen molar-refractivity contribution >= 4 is 61.2 Å². The minimum Gasteiger partial charge on any atom is -0.387 e. The molecule has 3 aromatic rings. The van der Waals surface area contributed by atoms with E-state index in [1.54, 1.807) is 24.3 Å². The van der Waals surface area contributed by atoms with E-state index in [4.69, 9.17) is 48.0 Å². The molecule has 4 rings (SSSR count). The highest BCUT2D eigenvalue weighted by atomic mass is 35.5. The number of amides is 1. The molecule has 0 aliphatic carbocycles. The fourth-order valence-corrected chi connectivity index (χ4v) is 7.00. The van der Waals surface area contributed by atoms with Gasteiger partial charge in [0.05, 0.1) is 30.7 Å². The number of primary amides is 1. The first kappa shape index (κ1) is 30.8. The molecule has 0 bridgehead atoms. The lowest BCUT2D eigenvalue weighted by molar-refractivity contribution is -0.118. The number of halogens is 2. The summed E-state index contributed by atoms with van der Waals surface area (Å²) < 4.78 is 34.4. The average molecular weight is 641 g/mol. The van der Waals surface area contributed by atoms with E-state index in [1.165, 1.54) is 6.20 Å². The van der Waals surface area contributed by atoms with Gasteiger partial charge in [-0.2, -0.15) is 15.1 Å². The van der Waals surface area contributed by atoms with E-state index in [0.717, 1.165) is 4.68 Å². The molecule has 218 valence electrons. The van der Waals surface area contributed by atoms with Crippen molar-refractivity contribution in [1.82, 2.24) is 19.7 Å². The lowest BCUT2D eigenvalue weighted by atomic mass is 10.0. The number of anilines is 1. The van der Waals surface area contributed by atoms with Crippen LogP contribution in [0.25, 0.3) is 11.0 Å². The number of benzene rings is 1. The molecule has 16 nitrogen and oxygen atoms in total. The van der Waals surface area contributed by atoms with Gasteiger partial charge in [0.1, 0.15) is 24.1 Å². The molecule has 1 fully saturated rings. The van der Waals surface area contributed by atoms with E-state index in [2.05, 4.69) is 20.4 Å². The lowest BCUT2D eigenvalue weighted by Crippen LogP contribution is -2.33. The van der Waals surface area contributed by atoms with Crippen LogP contribution in [-0.2, 0) is 23.2 Å². The molecule has 6 atom stereocenters. The average Bonchev–Trinajstić information content (AvgIpc) is 3.36. The van der Waals surface area contributed by atoms with Gasteiger partial charge in [-0.05, 0) is 29.3 Å². The third-order valence-corrected chi connectivity index (χ3v) is 9.64. The van der Waals surface area contributed by atoms with Crippen LogP contribution in [0.1, 0.15) is 24.3 Å². The van der Waals surface area contributed by atoms with Crippen molar-refractivity contribution in [3.63, 3.8) is 0 Å². The number of fused-ring (bicyclic) bond motifs is 1. The maximum atomic E-state index is 12.0. The fraction of sp³-hybridized carbons (Fsp3) is 0.400. The Labute approximate surface area is 235 Å². The van der Waals surface area contributed by atoms with Crippen molar-refractivity contribution in [2.24, 2.45) is 5.73 Å². The molecule has 20 heteroatoms. The largest absolute Gasteiger partial charge is 0.387 e. The Morgan fingerprint density at radius 2 is 1.93 bits per heavy atom. The Morgan fingerprint density at radius 3 is 2.58 bits per heavy atom. The van der Waals surface area contributed by atoms with Crippen LogP contribution in [0.15, 0.2) is 30.5 Å². The molecular formula is C20H24Cl2N6O10P2. The van der Waals surface area contributed by atoms with Crippen LogP contribution in [0.4, 0.5) is 5.82 Å². The number of aliphatic hydroxyl groups excluding tert-OH is 2. The Morgan fingerprint density at radius 1 is 1.20 bits per heavy atom. The van der Waals surface area contributed by atoms with Gasteiger partial charge in [-0.15, -0.1) is 0 Å². The predicted molar refractivity (Wildman–Crippen MR) is 141 cm³/mol. The van der Waals surface area contributed by atoms with Crippen molar-refractivity contribution in [2.75, 3.05) is 17.8 Å². The zero-order valence-corrected chi connectivity index (χ0v) is 23.5. The van der Waals surface area contributed by atoms with Crippen LogP contribution in [0.3, 0.4) is 0 Å². The number of carbonyl (C=O) groups is 1. The Balaban J connectivity index is 1.60. The Kier molecular flexibility index (Phi) is 9.19. The van der Waals surface area contributed by atoms with Crippen molar-refractivity contribution < 1.29 is 48.1 Å². The van der Waals surface area contributed by atoms with Crippen LogP contribution in [0.5, 0.6) is 0 Å². The summed E-state index contributed by atoms with van der Waals surface area (Å²) in [7, 11) is -9.62. The Hall–Kier alpha value is -2.20. The van der Waals surface area contributed by atoms with Gasteiger partial charge in [-0.3, -0.25) is 13.9 Å². The molecule has 1 aliphatic heterocycles. The second-order valence-corrected chi connectivity index (χ2v) is 13.6. The third-order valence-electron chi connectivity index (χ3n) is 5.78. The van der Waals surface area contributed by atoms with Crippen LogP contribution in [0.2, 0.25) is 10.3 Å². The number of hydrogen-bond donors (Lipinski definition) is 7. The standard InChI is InChI=1S/C20H24Cl2N6O10P2/c21-10-3-1-2-9(4-10)12(5-14(23)29)25-17-11-6-24-28(18(11)27-20(22)26-17)19-16(31)15(30)13(38-19)7-37-40(35,36)8-39(32,33)34/h1-4,6,12-13,15-16,19,30-31H,5,7-8H2,(H2,23,29)(H,35,36)(H,25,26,27)(H2,32,33,34)/t12-,13-,15-,16-,19-/m1/s1. The quantitative estimate of drug-likeness (QED) is 0.114. The van der Waals surface area contributed by atoms with E-state index in [-0.39, 0.29) is 28.6 Å². The lowest BCUT2D eigenvalue weighted by Gasteiger charge is -2.20. The molecule has 0 spiro atoms. The number of nitrogens with two attached hydrogens (primary N) is 1. The number of ether oxygens (including phenoxy) is 1. The van der Waals surface area contributed by atoms with Crippen molar-refractivity contribution in [1.29, 1.82) is 0 Å². The van der Waals surface area contributed by atoms with E-state index < -0.39 is 64.2 Å². The maximum absolute atomic E-state index is 12.0. The first-order valence-electron chi connectivity index (χ1n) is 11.4. The normalized spacial score (nSPS) is 23.7. The van der Waals surface area contributed by atoms with Gasteiger partial charge in [0.25, 0.3) is 0 Å². The zero-order valence-electron chi connectivity index (χ0n) is 20.2. The summed E-state index contributed by atoms with van der Waals surface area (Å²) in [5.74, 6) is -1.89. The summed E-state index contributed by atoms with van der Waals surface area (Å²) in [6.45, 7) is -0.779. The summed E-state index contributed by atoms with van der Waals surface area (Å²) in [6.07, 6.45) is -4.84. The molecule has 3 heterocycles. The minimum absolute atomic E-state index is 0.0542. The number of rotatable bonds is 11. The van der Waals surface area contributed by atoms with Crippen molar-refractivity contribution in [3.8, 4) is 0 Å². The van der Waals surface area contributed by atoms with Gasteiger partial charge in [-0.1, -0.05) is 23.7 Å². The molecule has 40 heavy (non-hydrogen) atoms.